The Kier molecular flexibility index (Phi) is 4.25. The monoisotopic (exact) mass is 365 g/mol. The Morgan fingerprint density at radius 1 is 1.04 bits per heavy atom. The van der Waals surface area contributed by atoms with Crippen molar-refractivity contribution >= 4 is 5.97 Å². The van der Waals surface area contributed by atoms with Gasteiger partial charge in [-0.15, -0.1) is 0 Å². The van der Waals surface area contributed by atoms with Crippen LogP contribution in [0, 0.1) is 0 Å². The maximum absolute atomic E-state index is 11.9. The first-order valence-corrected chi connectivity index (χ1v) is 8.10. The molecule has 0 radical (unpaired) electrons. The molecule has 0 saturated heterocycles. The van der Waals surface area contributed by atoms with Crippen molar-refractivity contribution in [2.75, 3.05) is 13.9 Å². The summed E-state index contributed by atoms with van der Waals surface area (Å²) < 4.78 is 21.5. The number of methoxy groups -OCH3 is 1. The van der Waals surface area contributed by atoms with Crippen molar-refractivity contribution in [3.63, 3.8) is 0 Å². The van der Waals surface area contributed by atoms with Gasteiger partial charge in [0.15, 0.2) is 11.5 Å². The van der Waals surface area contributed by atoms with Crippen molar-refractivity contribution in [3.05, 3.63) is 60.3 Å². The van der Waals surface area contributed by atoms with E-state index in [9.17, 15) is 9.90 Å². The maximum Gasteiger partial charge on any atom is 0.341 e. The van der Waals surface area contributed by atoms with Crippen LogP contribution in [0.3, 0.4) is 0 Å². The van der Waals surface area contributed by atoms with Gasteiger partial charge in [0.25, 0.3) is 0 Å². The zero-order valence-corrected chi connectivity index (χ0v) is 14.3. The predicted molar refractivity (Wildman–Crippen MR) is 95.8 cm³/mol. The number of benzene rings is 2. The number of carbonyl (C=O) groups is 1. The molecular formula is C20H15NO6. The third-order valence-corrected chi connectivity index (χ3v) is 4.09. The molecule has 7 heteroatoms. The summed E-state index contributed by atoms with van der Waals surface area (Å²) in [7, 11) is 1.57. The lowest BCUT2D eigenvalue weighted by Gasteiger charge is -2.12. The molecule has 0 saturated carbocycles. The zero-order chi connectivity index (χ0) is 18.8. The molecule has 3 aromatic rings. The zero-order valence-electron chi connectivity index (χ0n) is 14.3. The molecule has 1 aromatic heterocycles. The van der Waals surface area contributed by atoms with Crippen LogP contribution >= 0.6 is 0 Å². The molecule has 0 spiro atoms. The van der Waals surface area contributed by atoms with Gasteiger partial charge in [-0.1, -0.05) is 12.1 Å². The number of fused-ring (bicyclic) bond motifs is 1. The average Bonchev–Trinajstić information content (AvgIpc) is 3.15. The Labute approximate surface area is 154 Å². The number of ether oxygens (including phenoxy) is 4. The van der Waals surface area contributed by atoms with Crippen LogP contribution in [0.15, 0.2) is 54.7 Å². The Bertz CT molecular complexity index is 1000. The second kappa shape index (κ2) is 6.87. The third kappa shape index (κ3) is 3.22. The molecule has 27 heavy (non-hydrogen) atoms. The van der Waals surface area contributed by atoms with Crippen molar-refractivity contribution < 1.29 is 28.8 Å². The van der Waals surface area contributed by atoms with E-state index in [-0.39, 0.29) is 18.2 Å². The summed E-state index contributed by atoms with van der Waals surface area (Å²) in [5.74, 6) is 1.10. The molecule has 0 atom stereocenters. The van der Waals surface area contributed by atoms with E-state index in [1.807, 2.05) is 0 Å². The third-order valence-electron chi connectivity index (χ3n) is 4.09. The quantitative estimate of drug-likeness (QED) is 0.732. The van der Waals surface area contributed by atoms with Gasteiger partial charge in [0, 0.05) is 17.8 Å². The number of carboxylic acid groups (broad SMARTS) is 1. The highest BCUT2D eigenvalue weighted by Gasteiger charge is 2.21. The van der Waals surface area contributed by atoms with Gasteiger partial charge in [0.2, 0.25) is 12.7 Å². The van der Waals surface area contributed by atoms with Crippen molar-refractivity contribution in [2.24, 2.45) is 0 Å². The summed E-state index contributed by atoms with van der Waals surface area (Å²) >= 11 is 0. The summed E-state index contributed by atoms with van der Waals surface area (Å²) in [5, 5.41) is 9.75. The van der Waals surface area contributed by atoms with Gasteiger partial charge >= 0.3 is 5.97 Å². The standard InChI is InChI=1S/C20H15NO6/c1-24-13-4-2-12(3-5-13)15-8-9-21-19(18(15)20(22)23)27-14-6-7-16-17(10-14)26-11-25-16/h2-10H,11H2,1H3,(H,22,23). The molecule has 1 aliphatic heterocycles. The minimum atomic E-state index is -1.13. The lowest BCUT2D eigenvalue weighted by atomic mass is 10.0. The molecule has 4 rings (SSSR count). The number of nitrogens with zero attached hydrogens (tertiary/aromatic N) is 1. The van der Waals surface area contributed by atoms with Gasteiger partial charge in [-0.3, -0.25) is 0 Å². The highest BCUT2D eigenvalue weighted by atomic mass is 16.7. The normalized spacial score (nSPS) is 11.9. The number of aromatic nitrogens is 1. The minimum absolute atomic E-state index is 0.00492. The fourth-order valence-corrected chi connectivity index (χ4v) is 2.79. The number of hydrogen-bond donors (Lipinski definition) is 1. The summed E-state index contributed by atoms with van der Waals surface area (Å²) in [5.41, 5.74) is 1.18. The molecule has 2 aromatic carbocycles. The molecule has 136 valence electrons. The molecule has 7 nitrogen and oxygen atoms in total. The predicted octanol–water partition coefficient (Wildman–Crippen LogP) is 3.98. The molecule has 0 unspecified atom stereocenters. The second-order valence-corrected chi connectivity index (χ2v) is 5.69. The van der Waals surface area contributed by atoms with Gasteiger partial charge < -0.3 is 24.1 Å². The Morgan fingerprint density at radius 3 is 2.52 bits per heavy atom. The van der Waals surface area contributed by atoms with Gasteiger partial charge in [-0.25, -0.2) is 9.78 Å². The van der Waals surface area contributed by atoms with Gasteiger partial charge in [0.05, 0.1) is 7.11 Å². The van der Waals surface area contributed by atoms with Crippen LogP contribution in [-0.4, -0.2) is 30.0 Å². The van der Waals surface area contributed by atoms with E-state index in [1.54, 1.807) is 55.6 Å². The largest absolute Gasteiger partial charge is 0.497 e. The molecule has 0 amide bonds. The second-order valence-electron chi connectivity index (χ2n) is 5.69. The molecular weight excluding hydrogens is 350 g/mol. The van der Waals surface area contributed by atoms with Crippen molar-refractivity contribution in [3.8, 4) is 40.0 Å². The van der Waals surface area contributed by atoms with Crippen LogP contribution in [0.2, 0.25) is 0 Å². The van der Waals surface area contributed by atoms with E-state index >= 15 is 0 Å². The van der Waals surface area contributed by atoms with Crippen LogP contribution in [0.1, 0.15) is 10.4 Å². The first kappa shape index (κ1) is 16.7. The van der Waals surface area contributed by atoms with E-state index in [2.05, 4.69) is 4.98 Å². The van der Waals surface area contributed by atoms with E-state index in [0.717, 1.165) is 0 Å². The van der Waals surface area contributed by atoms with Crippen LogP contribution < -0.4 is 18.9 Å². The fraction of sp³-hybridized carbons (Fsp3) is 0.100. The van der Waals surface area contributed by atoms with Crippen LogP contribution in [0.4, 0.5) is 0 Å². The van der Waals surface area contributed by atoms with E-state index in [1.165, 1.54) is 6.20 Å². The highest BCUT2D eigenvalue weighted by Crippen LogP contribution is 2.38. The lowest BCUT2D eigenvalue weighted by molar-refractivity contribution is 0.0694. The first-order valence-electron chi connectivity index (χ1n) is 8.10. The molecule has 0 aliphatic carbocycles. The number of carboxylic acids is 1. The molecule has 0 fully saturated rings. The highest BCUT2D eigenvalue weighted by molar-refractivity contribution is 5.98. The number of pyridine rings is 1. The van der Waals surface area contributed by atoms with Gasteiger partial charge in [0.1, 0.15) is 17.1 Å². The van der Waals surface area contributed by atoms with Crippen LogP contribution in [-0.2, 0) is 0 Å². The minimum Gasteiger partial charge on any atom is -0.497 e. The topological polar surface area (TPSA) is 87.1 Å². The van der Waals surface area contributed by atoms with Crippen LogP contribution in [0.25, 0.3) is 11.1 Å². The molecule has 1 aliphatic rings. The molecule has 2 heterocycles. The number of rotatable bonds is 5. The number of aromatic carboxylic acids is 1. The van der Waals surface area contributed by atoms with Gasteiger partial charge in [-0.05, 0) is 35.9 Å². The molecule has 1 N–H and O–H groups in total. The van der Waals surface area contributed by atoms with Crippen LogP contribution in [0.5, 0.6) is 28.9 Å². The van der Waals surface area contributed by atoms with Crippen molar-refractivity contribution in [1.29, 1.82) is 0 Å². The SMILES string of the molecule is COc1ccc(-c2ccnc(Oc3ccc4c(c3)OCO4)c2C(=O)O)cc1. The van der Waals surface area contributed by atoms with E-state index in [0.29, 0.717) is 34.1 Å². The smallest absolute Gasteiger partial charge is 0.341 e. The fourth-order valence-electron chi connectivity index (χ4n) is 2.79. The summed E-state index contributed by atoms with van der Waals surface area (Å²) in [6.45, 7) is 0.143. The maximum atomic E-state index is 11.9. The van der Waals surface area contributed by atoms with E-state index < -0.39 is 5.97 Å². The lowest BCUT2D eigenvalue weighted by Crippen LogP contribution is -2.04. The summed E-state index contributed by atoms with van der Waals surface area (Å²) in [4.78, 5) is 16.0. The van der Waals surface area contributed by atoms with Crippen molar-refractivity contribution in [2.45, 2.75) is 0 Å². The molecule has 0 bridgehead atoms. The van der Waals surface area contributed by atoms with Gasteiger partial charge in [-0.2, -0.15) is 0 Å². The average molecular weight is 365 g/mol. The first-order chi connectivity index (χ1) is 13.2. The summed E-state index contributed by atoms with van der Waals surface area (Å²) in [6, 6.07) is 13.7. The van der Waals surface area contributed by atoms with E-state index in [4.69, 9.17) is 18.9 Å². The van der Waals surface area contributed by atoms with Crippen molar-refractivity contribution in [1.82, 2.24) is 4.98 Å². The summed E-state index contributed by atoms with van der Waals surface area (Å²) in [6.07, 6.45) is 1.51. The Balaban J connectivity index is 1.73. The Morgan fingerprint density at radius 2 is 1.78 bits per heavy atom. The number of hydrogen-bond acceptors (Lipinski definition) is 6. The Hall–Kier alpha value is -3.74.